The fraction of sp³-hybridized carbons (Fsp3) is 0.136. The number of carbonyl (C=O) groups is 1. The molecule has 0 aliphatic rings. The van der Waals surface area contributed by atoms with Gasteiger partial charge in [-0.15, -0.1) is 0 Å². The summed E-state index contributed by atoms with van der Waals surface area (Å²) in [6.45, 7) is 0.380. The van der Waals surface area contributed by atoms with Crippen molar-refractivity contribution in [2.24, 2.45) is 0 Å². The van der Waals surface area contributed by atoms with Crippen LogP contribution < -0.4 is 0 Å². The fourth-order valence-corrected chi connectivity index (χ4v) is 3.32. The third-order valence-corrected chi connectivity index (χ3v) is 4.79. The molecule has 4 rings (SSSR count). The van der Waals surface area contributed by atoms with Gasteiger partial charge in [0.25, 0.3) is 0 Å². The molecule has 27 heavy (non-hydrogen) atoms. The second kappa shape index (κ2) is 7.72. The first-order valence-electron chi connectivity index (χ1n) is 8.87. The number of halogens is 1. The van der Waals surface area contributed by atoms with E-state index in [-0.39, 0.29) is 5.97 Å². The first-order chi connectivity index (χ1) is 13.2. The maximum absolute atomic E-state index is 12.2. The third kappa shape index (κ3) is 3.91. The first kappa shape index (κ1) is 17.4. The second-order valence-corrected chi connectivity index (χ2v) is 6.82. The van der Waals surface area contributed by atoms with Crippen LogP contribution in [0, 0.1) is 0 Å². The Morgan fingerprint density at radius 3 is 2.63 bits per heavy atom. The molecule has 0 bridgehead atoms. The van der Waals surface area contributed by atoms with E-state index >= 15 is 0 Å². The Bertz CT molecular complexity index is 1050. The summed E-state index contributed by atoms with van der Waals surface area (Å²) in [5.41, 5.74) is 3.81. The molecule has 0 unspecified atom stereocenters. The number of aromatic nitrogens is 2. The number of esters is 1. The highest BCUT2D eigenvalue weighted by atomic mass is 35.5. The SMILES string of the molecule is O=C(OCCCc1c[nH]c2ccc(Cl)cc12)c1ccc(-n2cccc2)cc1. The van der Waals surface area contributed by atoms with E-state index in [0.29, 0.717) is 12.2 Å². The number of aromatic amines is 1. The van der Waals surface area contributed by atoms with Gasteiger partial charge < -0.3 is 14.3 Å². The first-order valence-corrected chi connectivity index (χ1v) is 9.24. The summed E-state index contributed by atoms with van der Waals surface area (Å²) in [6.07, 6.45) is 7.49. The van der Waals surface area contributed by atoms with E-state index in [2.05, 4.69) is 4.98 Å². The Hall–Kier alpha value is -2.98. The monoisotopic (exact) mass is 378 g/mol. The molecule has 4 aromatic rings. The fourth-order valence-electron chi connectivity index (χ4n) is 3.14. The molecule has 136 valence electrons. The normalized spacial score (nSPS) is 11.0. The highest BCUT2D eigenvalue weighted by molar-refractivity contribution is 6.31. The zero-order valence-electron chi connectivity index (χ0n) is 14.7. The van der Waals surface area contributed by atoms with Gasteiger partial charge in [0.1, 0.15) is 0 Å². The van der Waals surface area contributed by atoms with Crippen molar-refractivity contribution < 1.29 is 9.53 Å². The van der Waals surface area contributed by atoms with Crippen molar-refractivity contribution in [2.75, 3.05) is 6.61 Å². The molecule has 5 heteroatoms. The Balaban J connectivity index is 1.31. The molecule has 0 saturated heterocycles. The second-order valence-electron chi connectivity index (χ2n) is 6.38. The lowest BCUT2D eigenvalue weighted by Crippen LogP contribution is -2.07. The van der Waals surface area contributed by atoms with Gasteiger partial charge in [-0.25, -0.2) is 4.79 Å². The van der Waals surface area contributed by atoms with Crippen LogP contribution in [0.3, 0.4) is 0 Å². The molecule has 0 radical (unpaired) electrons. The molecule has 2 aromatic carbocycles. The van der Waals surface area contributed by atoms with Gasteiger partial charge in [0, 0.05) is 40.2 Å². The lowest BCUT2D eigenvalue weighted by Gasteiger charge is -2.07. The largest absolute Gasteiger partial charge is 0.462 e. The minimum absolute atomic E-state index is 0.295. The Kier molecular flexibility index (Phi) is 4.99. The van der Waals surface area contributed by atoms with Gasteiger partial charge in [0.2, 0.25) is 0 Å². The van der Waals surface area contributed by atoms with Crippen molar-refractivity contribution in [1.29, 1.82) is 0 Å². The minimum atomic E-state index is -0.295. The zero-order chi connectivity index (χ0) is 18.6. The smallest absolute Gasteiger partial charge is 0.338 e. The molecule has 0 fully saturated rings. The maximum atomic E-state index is 12.2. The van der Waals surface area contributed by atoms with Crippen LogP contribution in [0.25, 0.3) is 16.6 Å². The van der Waals surface area contributed by atoms with E-state index in [1.54, 1.807) is 12.1 Å². The van der Waals surface area contributed by atoms with Gasteiger partial charge in [-0.1, -0.05) is 11.6 Å². The van der Waals surface area contributed by atoms with Gasteiger partial charge in [0.15, 0.2) is 0 Å². The summed E-state index contributed by atoms with van der Waals surface area (Å²) < 4.78 is 7.40. The Labute approximate surface area is 162 Å². The lowest BCUT2D eigenvalue weighted by molar-refractivity contribution is 0.0500. The van der Waals surface area contributed by atoms with Crippen LogP contribution in [0.2, 0.25) is 5.02 Å². The summed E-state index contributed by atoms with van der Waals surface area (Å²) in [5, 5.41) is 1.84. The predicted molar refractivity (Wildman–Crippen MR) is 108 cm³/mol. The summed E-state index contributed by atoms with van der Waals surface area (Å²) in [6, 6.07) is 17.1. The van der Waals surface area contributed by atoms with E-state index < -0.39 is 0 Å². The molecule has 2 aromatic heterocycles. The minimum Gasteiger partial charge on any atom is -0.462 e. The summed E-state index contributed by atoms with van der Waals surface area (Å²) in [5.74, 6) is -0.295. The average Bonchev–Trinajstić information content (AvgIpc) is 3.35. The van der Waals surface area contributed by atoms with Crippen LogP contribution in [0.4, 0.5) is 0 Å². The van der Waals surface area contributed by atoms with E-state index in [4.69, 9.17) is 16.3 Å². The van der Waals surface area contributed by atoms with E-state index in [1.807, 2.05) is 65.6 Å². The number of hydrogen-bond donors (Lipinski definition) is 1. The van der Waals surface area contributed by atoms with Crippen molar-refractivity contribution in [3.8, 4) is 5.69 Å². The molecule has 1 N–H and O–H groups in total. The van der Waals surface area contributed by atoms with Crippen LogP contribution in [0.5, 0.6) is 0 Å². The molecule has 0 spiro atoms. The van der Waals surface area contributed by atoms with Gasteiger partial charge in [-0.2, -0.15) is 0 Å². The maximum Gasteiger partial charge on any atom is 0.338 e. The van der Waals surface area contributed by atoms with Gasteiger partial charge >= 0.3 is 5.97 Å². The number of nitrogens with one attached hydrogen (secondary N) is 1. The number of aryl methyl sites for hydroxylation is 1. The van der Waals surface area contributed by atoms with Crippen molar-refractivity contribution in [3.63, 3.8) is 0 Å². The number of nitrogens with zero attached hydrogens (tertiary/aromatic N) is 1. The highest BCUT2D eigenvalue weighted by Crippen LogP contribution is 2.23. The van der Waals surface area contributed by atoms with Gasteiger partial charge in [0.05, 0.1) is 12.2 Å². The summed E-state index contributed by atoms with van der Waals surface area (Å²) in [7, 11) is 0. The Morgan fingerprint density at radius 1 is 1.07 bits per heavy atom. The number of fused-ring (bicyclic) bond motifs is 1. The highest BCUT2D eigenvalue weighted by Gasteiger charge is 2.08. The lowest BCUT2D eigenvalue weighted by atomic mass is 10.1. The molecule has 0 atom stereocenters. The zero-order valence-corrected chi connectivity index (χ0v) is 15.4. The van der Waals surface area contributed by atoms with Crippen molar-refractivity contribution in [2.45, 2.75) is 12.8 Å². The number of hydrogen-bond acceptors (Lipinski definition) is 2. The van der Waals surface area contributed by atoms with Gasteiger partial charge in [-0.05, 0) is 73.0 Å². The molecule has 0 aliphatic heterocycles. The van der Waals surface area contributed by atoms with E-state index in [9.17, 15) is 4.79 Å². The molecule has 0 amide bonds. The number of rotatable bonds is 6. The van der Waals surface area contributed by atoms with Crippen LogP contribution in [-0.2, 0) is 11.2 Å². The van der Waals surface area contributed by atoms with Crippen molar-refractivity contribution >= 4 is 28.5 Å². The summed E-state index contributed by atoms with van der Waals surface area (Å²) >= 11 is 6.08. The standard InChI is InChI=1S/C22H19ClN2O2/c23-18-7-10-21-20(14-18)17(15-24-21)4-3-13-27-22(26)16-5-8-19(9-6-16)25-11-1-2-12-25/h1-2,5-12,14-15,24H,3-4,13H2. The van der Waals surface area contributed by atoms with E-state index in [1.165, 1.54) is 5.56 Å². The molecule has 0 saturated carbocycles. The van der Waals surface area contributed by atoms with Crippen LogP contribution >= 0.6 is 11.6 Å². The molecule has 2 heterocycles. The molecule has 0 aliphatic carbocycles. The average molecular weight is 379 g/mol. The number of benzene rings is 2. The number of carbonyl (C=O) groups excluding carboxylic acids is 1. The van der Waals surface area contributed by atoms with Crippen LogP contribution in [0.15, 0.2) is 73.2 Å². The topological polar surface area (TPSA) is 47.0 Å². The molecular formula is C22H19ClN2O2. The molecular weight excluding hydrogens is 360 g/mol. The molecule has 4 nitrogen and oxygen atoms in total. The Morgan fingerprint density at radius 2 is 1.85 bits per heavy atom. The van der Waals surface area contributed by atoms with E-state index in [0.717, 1.165) is 34.5 Å². The predicted octanol–water partition coefficient (Wildman–Crippen LogP) is 5.40. The van der Waals surface area contributed by atoms with Crippen LogP contribution in [0.1, 0.15) is 22.3 Å². The van der Waals surface area contributed by atoms with Crippen molar-refractivity contribution in [3.05, 3.63) is 89.3 Å². The number of H-pyrrole nitrogens is 1. The van der Waals surface area contributed by atoms with Crippen LogP contribution in [-0.4, -0.2) is 22.1 Å². The summed E-state index contributed by atoms with van der Waals surface area (Å²) in [4.78, 5) is 15.4. The van der Waals surface area contributed by atoms with Gasteiger partial charge in [-0.3, -0.25) is 0 Å². The van der Waals surface area contributed by atoms with Crippen molar-refractivity contribution in [1.82, 2.24) is 9.55 Å². The quantitative estimate of drug-likeness (QED) is 0.360. The third-order valence-electron chi connectivity index (χ3n) is 4.56. The number of ether oxygens (including phenoxy) is 1.